The molecule has 8 aliphatic rings. The van der Waals surface area contributed by atoms with E-state index in [2.05, 4.69) is 59.0 Å². The Kier molecular flexibility index (Phi) is 13.4. The third-order valence-electron chi connectivity index (χ3n) is 22.2. The second kappa shape index (κ2) is 18.6. The summed E-state index contributed by atoms with van der Waals surface area (Å²) in [5.74, 6) is -5.46. The zero-order valence-corrected chi connectivity index (χ0v) is 42.8. The summed E-state index contributed by atoms with van der Waals surface area (Å²) < 4.78 is 12.6. The molecule has 6 fully saturated rings. The Labute approximate surface area is 426 Å². The Balaban J connectivity index is 1.18. The number of hydrogen-bond donors (Lipinski definition) is 13. The van der Waals surface area contributed by atoms with Crippen LogP contribution in [0.3, 0.4) is 0 Å². The molecule has 2 aromatic heterocycles. The molecule has 4 heterocycles. The lowest BCUT2D eigenvalue weighted by Crippen LogP contribution is -2.74. The molecule has 1 amide bonds. The molecule has 2 aromatic rings. The summed E-state index contributed by atoms with van der Waals surface area (Å²) >= 11 is 0. The predicted molar refractivity (Wildman–Crippen MR) is 262 cm³/mol. The molecule has 2 aliphatic heterocycles. The van der Waals surface area contributed by atoms with Crippen molar-refractivity contribution >= 4 is 11.9 Å². The van der Waals surface area contributed by atoms with Gasteiger partial charge in [-0.15, -0.1) is 0 Å². The van der Waals surface area contributed by atoms with Gasteiger partial charge in [0.25, 0.3) is 0 Å². The molecule has 0 aromatic carbocycles. The highest BCUT2D eigenvalue weighted by molar-refractivity contribution is 5.83. The van der Waals surface area contributed by atoms with Gasteiger partial charge in [0.1, 0.15) is 24.5 Å². The third kappa shape index (κ3) is 7.51. The van der Waals surface area contributed by atoms with Crippen molar-refractivity contribution in [3.63, 3.8) is 0 Å². The molecule has 0 spiro atoms. The van der Waals surface area contributed by atoms with Crippen molar-refractivity contribution in [3.05, 3.63) is 60.2 Å². The molecule has 10 rings (SSSR count). The van der Waals surface area contributed by atoms with Gasteiger partial charge in [-0.1, -0.05) is 58.4 Å². The first-order valence-corrected chi connectivity index (χ1v) is 26.7. The minimum atomic E-state index is -1.70. The van der Waals surface area contributed by atoms with Gasteiger partial charge in [0.15, 0.2) is 6.29 Å². The lowest BCUT2D eigenvalue weighted by atomic mass is 9.29. The van der Waals surface area contributed by atoms with E-state index in [1.54, 1.807) is 18.9 Å². The number of nitrogens with two attached hydrogens (primary N) is 1. The van der Waals surface area contributed by atoms with Crippen molar-refractivity contribution in [2.75, 3.05) is 26.4 Å². The highest BCUT2D eigenvalue weighted by Crippen LogP contribution is 2.79. The normalized spacial score (nSPS) is 49.6. The number of carboxylic acids is 1. The van der Waals surface area contributed by atoms with E-state index in [9.17, 15) is 55.5 Å². The van der Waals surface area contributed by atoms with Gasteiger partial charge in [0, 0.05) is 47.8 Å². The molecule has 4 saturated carbocycles. The van der Waals surface area contributed by atoms with Crippen LogP contribution in [0, 0.1) is 79.8 Å². The molecule has 6 aliphatic carbocycles. The van der Waals surface area contributed by atoms with Gasteiger partial charge in [-0.2, -0.15) is 0 Å². The number of rotatable bonds is 13. The number of aliphatic hydroxyl groups is 8. The van der Waals surface area contributed by atoms with E-state index in [-0.39, 0.29) is 43.3 Å². The lowest BCUT2D eigenvalue weighted by Gasteiger charge is -2.75. The number of fused-ring (bicyclic) bond motifs is 8. The zero-order chi connectivity index (χ0) is 52.4. The SMILES string of the molecule is CC1(CO)CCC2(C(=O)O)CC(Cc3cnc[nH]3)C3(C)C(=CCC4C5(C)C(C6C=CC(CCC(N)O)(c7cnc[nH]7)C7NC(=O)C(CO)C67)C(O)C(OC6OCC(O)C(O)C6O)C(C)(CO)C5CCC43C)C2C1. The first-order valence-electron chi connectivity index (χ1n) is 26.7. The molecule has 23 atom stereocenters. The average Bonchev–Trinajstić information content (AvgIpc) is 4.16. The Morgan fingerprint density at radius 1 is 0.945 bits per heavy atom. The topological polar surface area (TPSA) is 330 Å². The maximum atomic E-state index is 14.4. The van der Waals surface area contributed by atoms with E-state index in [4.69, 9.17) is 15.2 Å². The van der Waals surface area contributed by atoms with Crippen LogP contribution in [0.2, 0.25) is 0 Å². The summed E-state index contributed by atoms with van der Waals surface area (Å²) in [6.45, 7) is 9.46. The molecule has 73 heavy (non-hydrogen) atoms. The second-order valence-corrected chi connectivity index (χ2v) is 25.3. The van der Waals surface area contributed by atoms with Gasteiger partial charge in [0.05, 0.1) is 61.4 Å². The van der Waals surface area contributed by atoms with Crippen LogP contribution in [-0.4, -0.2) is 153 Å². The Hall–Kier alpha value is -3.60. The van der Waals surface area contributed by atoms with Crippen molar-refractivity contribution < 1.29 is 65.0 Å². The van der Waals surface area contributed by atoms with Crippen molar-refractivity contribution in [2.45, 2.75) is 153 Å². The number of carbonyl (C=O) groups excluding carboxylic acids is 1. The van der Waals surface area contributed by atoms with Crippen LogP contribution in [0.1, 0.15) is 104 Å². The van der Waals surface area contributed by atoms with E-state index >= 15 is 0 Å². The number of carboxylic acid groups (broad SMARTS) is 1. The number of aliphatic carboxylic acids is 1. The molecule has 23 unspecified atom stereocenters. The molecular formula is C54H80N6O13. The second-order valence-electron chi connectivity index (χ2n) is 25.3. The Morgan fingerprint density at radius 2 is 1.68 bits per heavy atom. The number of H-pyrrole nitrogens is 2. The summed E-state index contributed by atoms with van der Waals surface area (Å²) in [4.78, 5) is 43.8. The minimum Gasteiger partial charge on any atom is -0.481 e. The number of carbonyl (C=O) groups is 2. The molecule has 0 bridgehead atoms. The summed E-state index contributed by atoms with van der Waals surface area (Å²) in [6.07, 6.45) is 7.59. The number of aliphatic hydroxyl groups excluding tert-OH is 8. The van der Waals surface area contributed by atoms with Crippen LogP contribution in [0.25, 0.3) is 0 Å². The first kappa shape index (κ1) is 52.8. The molecule has 19 nitrogen and oxygen atoms in total. The number of nitrogens with one attached hydrogen (secondary N) is 3. The number of allylic oxidation sites excluding steroid dienone is 3. The van der Waals surface area contributed by atoms with E-state index in [0.717, 1.165) is 11.3 Å². The summed E-state index contributed by atoms with van der Waals surface area (Å²) in [5, 5.41) is 106. The van der Waals surface area contributed by atoms with Gasteiger partial charge in [-0.25, -0.2) is 9.97 Å². The number of ether oxygens (including phenoxy) is 2. The van der Waals surface area contributed by atoms with E-state index in [0.29, 0.717) is 63.5 Å². The van der Waals surface area contributed by atoms with E-state index < -0.39 is 136 Å². The molecule has 14 N–H and O–H groups in total. The van der Waals surface area contributed by atoms with Crippen LogP contribution in [0.5, 0.6) is 0 Å². The Bertz CT molecular complexity index is 2420. The number of imidazole rings is 2. The maximum Gasteiger partial charge on any atom is 0.310 e. The third-order valence-corrected chi connectivity index (χ3v) is 22.2. The summed E-state index contributed by atoms with van der Waals surface area (Å²) in [6, 6.07) is -0.690. The van der Waals surface area contributed by atoms with Crippen LogP contribution >= 0.6 is 0 Å². The number of hydrogen-bond acceptors (Lipinski definition) is 15. The van der Waals surface area contributed by atoms with Gasteiger partial charge in [-0.05, 0) is 121 Å². The number of aromatic nitrogens is 4. The zero-order valence-electron chi connectivity index (χ0n) is 42.8. The summed E-state index contributed by atoms with van der Waals surface area (Å²) in [7, 11) is 0. The monoisotopic (exact) mass is 1020 g/mol. The van der Waals surface area contributed by atoms with Crippen LogP contribution in [0.15, 0.2) is 48.8 Å². The van der Waals surface area contributed by atoms with Crippen LogP contribution in [-0.2, 0) is 30.9 Å². The standard InChI is InChI=1S/C54H80N6O13/c1-48(23-62)14-15-54(47(70)71)17-27(16-28-19-56-25-58-28)52(5)31(32(54)18-48)6-7-35-50(52,3)11-9-34-49(2,24-63)44(73-46-42(68)40(66)33(64)22-72-46)41(67)39(51(34,35)4)29-8-12-53(13-10-37(55)65,36-20-57-26-59-36)43-38(29)30(21-61)45(69)60-43/h6,8,12,19-20,25-27,29-30,32-35,37-44,46,61-68H,7,9-11,13-18,21-24,55H2,1-5H3,(H,56,58)(H,57,59)(H,60,69)(H,70,71). The van der Waals surface area contributed by atoms with Crippen molar-refractivity contribution in [2.24, 2.45) is 85.6 Å². The fourth-order valence-electron chi connectivity index (χ4n) is 18.3. The number of amides is 1. The Morgan fingerprint density at radius 3 is 2.33 bits per heavy atom. The smallest absolute Gasteiger partial charge is 0.310 e. The summed E-state index contributed by atoms with van der Waals surface area (Å²) in [5.41, 5.74) is 2.75. The van der Waals surface area contributed by atoms with Crippen molar-refractivity contribution in [3.8, 4) is 0 Å². The van der Waals surface area contributed by atoms with Crippen LogP contribution < -0.4 is 11.1 Å². The van der Waals surface area contributed by atoms with Gasteiger partial charge >= 0.3 is 5.97 Å². The van der Waals surface area contributed by atoms with Crippen molar-refractivity contribution in [1.82, 2.24) is 25.3 Å². The van der Waals surface area contributed by atoms with E-state index in [1.807, 2.05) is 25.3 Å². The average molecular weight is 1020 g/mol. The van der Waals surface area contributed by atoms with Crippen molar-refractivity contribution in [1.29, 1.82) is 0 Å². The number of aromatic amines is 2. The van der Waals surface area contributed by atoms with Gasteiger partial charge in [0.2, 0.25) is 5.91 Å². The fraction of sp³-hybridized carbons (Fsp3) is 0.778. The molecule has 0 radical (unpaired) electrons. The predicted octanol–water partition coefficient (Wildman–Crippen LogP) is 1.66. The molecular weight excluding hydrogens is 941 g/mol. The first-order chi connectivity index (χ1) is 34.5. The quantitative estimate of drug-likeness (QED) is 0.0771. The maximum absolute atomic E-state index is 14.4. The van der Waals surface area contributed by atoms with Crippen LogP contribution in [0.4, 0.5) is 0 Å². The van der Waals surface area contributed by atoms with Gasteiger partial charge < -0.3 is 76.5 Å². The fourth-order valence-corrected chi connectivity index (χ4v) is 18.3. The van der Waals surface area contributed by atoms with E-state index in [1.165, 1.54) is 0 Å². The molecule has 404 valence electrons. The number of nitrogens with zero attached hydrogens (tertiary/aromatic N) is 2. The molecule has 19 heteroatoms. The highest BCUT2D eigenvalue weighted by atomic mass is 16.7. The minimum absolute atomic E-state index is 0.0663. The molecule has 2 saturated heterocycles. The van der Waals surface area contributed by atoms with Gasteiger partial charge in [-0.3, -0.25) is 9.59 Å². The highest BCUT2D eigenvalue weighted by Gasteiger charge is 2.76. The lowest BCUT2D eigenvalue weighted by molar-refractivity contribution is -0.344. The largest absolute Gasteiger partial charge is 0.481 e.